The van der Waals surface area contributed by atoms with Crippen molar-refractivity contribution in [1.29, 1.82) is 0 Å². The molecule has 0 N–H and O–H groups in total. The molecule has 2 aromatic carbocycles. The number of hydrogen-bond donors (Lipinski definition) is 0. The molecule has 120 valence electrons. The second-order valence-electron chi connectivity index (χ2n) is 5.76. The van der Waals surface area contributed by atoms with E-state index in [1.165, 1.54) is 0 Å². The summed E-state index contributed by atoms with van der Waals surface area (Å²) in [4.78, 5) is 0. The van der Waals surface area contributed by atoms with E-state index in [9.17, 15) is 0 Å². The summed E-state index contributed by atoms with van der Waals surface area (Å²) in [5, 5.41) is 0. The topological polar surface area (TPSA) is 42.9 Å². The van der Waals surface area contributed by atoms with Gasteiger partial charge in [0.05, 0.1) is 26.4 Å². The van der Waals surface area contributed by atoms with Gasteiger partial charge in [0.15, 0.2) is 12.4 Å². The lowest BCUT2D eigenvalue weighted by molar-refractivity contribution is -0.834. The molecule has 0 aliphatic carbocycles. The molecule has 0 amide bonds. The SMILES string of the molecule is COc1ccc2c(c1)[N+]1=CCC=[N+]3c4cc(OC)ccc4OC13O2. The maximum Gasteiger partial charge on any atom is 0.714 e. The summed E-state index contributed by atoms with van der Waals surface area (Å²) in [6, 6.07) is 10.4. The van der Waals surface area contributed by atoms with Crippen molar-refractivity contribution in [3.05, 3.63) is 36.4 Å². The summed E-state index contributed by atoms with van der Waals surface area (Å²) in [5.41, 5.74) is 1.85. The molecular formula is C18H16N2O4+2. The van der Waals surface area contributed by atoms with Crippen LogP contribution in [0.4, 0.5) is 11.4 Å². The zero-order valence-corrected chi connectivity index (χ0v) is 13.4. The van der Waals surface area contributed by atoms with Crippen LogP contribution >= 0.6 is 0 Å². The molecule has 24 heavy (non-hydrogen) atoms. The van der Waals surface area contributed by atoms with Crippen molar-refractivity contribution in [3.63, 3.8) is 0 Å². The molecule has 0 bridgehead atoms. The molecule has 3 aliphatic rings. The van der Waals surface area contributed by atoms with E-state index in [-0.39, 0.29) is 0 Å². The molecule has 0 fully saturated rings. The first-order valence-corrected chi connectivity index (χ1v) is 7.74. The van der Waals surface area contributed by atoms with Crippen LogP contribution in [0.3, 0.4) is 0 Å². The zero-order valence-electron chi connectivity index (χ0n) is 13.4. The van der Waals surface area contributed by atoms with Crippen LogP contribution < -0.4 is 18.9 Å². The second kappa shape index (κ2) is 4.50. The molecule has 0 radical (unpaired) electrons. The van der Waals surface area contributed by atoms with Crippen LogP contribution in [0.2, 0.25) is 0 Å². The molecule has 0 atom stereocenters. The predicted molar refractivity (Wildman–Crippen MR) is 86.6 cm³/mol. The summed E-state index contributed by atoms with van der Waals surface area (Å²) >= 11 is 0. The molecular weight excluding hydrogens is 308 g/mol. The molecule has 0 unspecified atom stereocenters. The predicted octanol–water partition coefficient (Wildman–Crippen LogP) is 2.63. The van der Waals surface area contributed by atoms with Crippen LogP contribution in [0.5, 0.6) is 23.0 Å². The van der Waals surface area contributed by atoms with E-state index in [1.54, 1.807) is 14.2 Å². The lowest BCUT2D eigenvalue weighted by Gasteiger charge is -2.13. The van der Waals surface area contributed by atoms with Crippen LogP contribution in [0.15, 0.2) is 36.4 Å². The Labute approximate surface area is 138 Å². The Bertz CT molecular complexity index is 857. The van der Waals surface area contributed by atoms with Gasteiger partial charge >= 0.3 is 6.03 Å². The van der Waals surface area contributed by atoms with Crippen molar-refractivity contribution in [1.82, 2.24) is 0 Å². The van der Waals surface area contributed by atoms with Gasteiger partial charge in [0.25, 0.3) is 11.4 Å². The molecule has 6 nitrogen and oxygen atoms in total. The van der Waals surface area contributed by atoms with Crippen LogP contribution in [0.1, 0.15) is 6.42 Å². The van der Waals surface area contributed by atoms with E-state index >= 15 is 0 Å². The zero-order chi connectivity index (χ0) is 16.3. The van der Waals surface area contributed by atoms with Crippen molar-refractivity contribution in [3.8, 4) is 23.0 Å². The number of methoxy groups -OCH3 is 2. The van der Waals surface area contributed by atoms with E-state index < -0.39 is 6.03 Å². The van der Waals surface area contributed by atoms with Crippen LogP contribution in [0.25, 0.3) is 0 Å². The van der Waals surface area contributed by atoms with Crippen LogP contribution in [0, 0.1) is 0 Å². The molecule has 3 aliphatic heterocycles. The van der Waals surface area contributed by atoms with E-state index in [2.05, 4.69) is 12.4 Å². The number of hydrogen-bond acceptors (Lipinski definition) is 4. The van der Waals surface area contributed by atoms with Crippen molar-refractivity contribution in [2.24, 2.45) is 0 Å². The smallest absolute Gasteiger partial charge is 0.497 e. The Morgan fingerprint density at radius 1 is 0.833 bits per heavy atom. The third kappa shape index (κ3) is 1.55. The molecule has 2 aromatic rings. The number of rotatable bonds is 2. The Morgan fingerprint density at radius 3 is 1.79 bits per heavy atom. The fourth-order valence-electron chi connectivity index (χ4n) is 3.41. The number of benzene rings is 2. The quantitative estimate of drug-likeness (QED) is 0.797. The highest BCUT2D eigenvalue weighted by molar-refractivity contribution is 5.78. The van der Waals surface area contributed by atoms with E-state index in [0.29, 0.717) is 0 Å². The lowest BCUT2D eigenvalue weighted by Crippen LogP contribution is -2.54. The van der Waals surface area contributed by atoms with Crippen LogP contribution in [-0.4, -0.2) is 41.8 Å². The number of nitrogens with zero attached hydrogens (tertiary/aromatic N) is 2. The van der Waals surface area contributed by atoms with E-state index in [4.69, 9.17) is 18.9 Å². The first-order chi connectivity index (χ1) is 11.7. The minimum atomic E-state index is -1.05. The molecule has 1 spiro atoms. The lowest BCUT2D eigenvalue weighted by atomic mass is 10.2. The van der Waals surface area contributed by atoms with Gasteiger partial charge < -0.3 is 18.9 Å². The van der Waals surface area contributed by atoms with Crippen molar-refractivity contribution in [2.75, 3.05) is 14.2 Å². The summed E-state index contributed by atoms with van der Waals surface area (Å²) in [5.74, 6) is 3.07. The van der Waals surface area contributed by atoms with Gasteiger partial charge in [-0.3, -0.25) is 0 Å². The molecule has 0 saturated carbocycles. The molecule has 6 heteroatoms. The molecule has 5 rings (SSSR count). The van der Waals surface area contributed by atoms with Gasteiger partial charge in [0.2, 0.25) is 11.5 Å². The van der Waals surface area contributed by atoms with Gasteiger partial charge in [0.1, 0.15) is 17.9 Å². The summed E-state index contributed by atoms with van der Waals surface area (Å²) in [7, 11) is 3.31. The Morgan fingerprint density at radius 2 is 1.33 bits per heavy atom. The summed E-state index contributed by atoms with van der Waals surface area (Å²) in [6.07, 6.45) is 4.89. The maximum atomic E-state index is 6.25. The van der Waals surface area contributed by atoms with Gasteiger partial charge in [-0.25, -0.2) is 0 Å². The number of ether oxygens (including phenoxy) is 4. The van der Waals surface area contributed by atoms with Gasteiger partial charge in [-0.1, -0.05) is 9.15 Å². The third-order valence-electron chi connectivity index (χ3n) is 4.52. The Kier molecular flexibility index (Phi) is 2.52. The second-order valence-corrected chi connectivity index (χ2v) is 5.76. The largest absolute Gasteiger partial charge is 0.714 e. The van der Waals surface area contributed by atoms with E-state index in [0.717, 1.165) is 40.8 Å². The maximum absolute atomic E-state index is 6.25. The molecule has 0 saturated heterocycles. The summed E-state index contributed by atoms with van der Waals surface area (Å²) in [6.45, 7) is 0. The van der Waals surface area contributed by atoms with Crippen LogP contribution in [-0.2, 0) is 0 Å². The highest BCUT2D eigenvalue weighted by Gasteiger charge is 2.72. The highest BCUT2D eigenvalue weighted by atomic mass is 16.8. The minimum Gasteiger partial charge on any atom is -0.497 e. The van der Waals surface area contributed by atoms with Gasteiger partial charge in [-0.15, -0.1) is 0 Å². The minimum absolute atomic E-state index is 0.757. The monoisotopic (exact) mass is 324 g/mol. The third-order valence-corrected chi connectivity index (χ3v) is 4.52. The van der Waals surface area contributed by atoms with Crippen molar-refractivity contribution < 1.29 is 28.1 Å². The summed E-state index contributed by atoms with van der Waals surface area (Å²) < 4.78 is 27.2. The highest BCUT2D eigenvalue weighted by Crippen LogP contribution is 2.51. The fourth-order valence-corrected chi connectivity index (χ4v) is 3.41. The normalized spacial score (nSPS) is 18.1. The standard InChI is InChI=1S/C18H16N2O4/c1-21-12-4-6-16-14(10-12)19-8-3-9-20-15-11-13(22-2)5-7-17(15)24-18(19,20)23-16/h4-11H,3H2,1-2H3/q+2. The molecule has 0 aromatic heterocycles. The average molecular weight is 324 g/mol. The number of fused-ring (bicyclic) bond motifs is 4. The Hall–Kier alpha value is -3.02. The molecule has 3 heterocycles. The van der Waals surface area contributed by atoms with Crippen molar-refractivity contribution in [2.45, 2.75) is 12.5 Å². The first-order valence-electron chi connectivity index (χ1n) is 7.74. The van der Waals surface area contributed by atoms with Gasteiger partial charge in [-0.05, 0) is 24.3 Å². The van der Waals surface area contributed by atoms with Gasteiger partial charge in [-0.2, -0.15) is 0 Å². The fraction of sp³-hybridized carbons (Fsp3) is 0.222. The Balaban J connectivity index is 1.67. The average Bonchev–Trinajstić information content (AvgIpc) is 3.12. The van der Waals surface area contributed by atoms with Gasteiger partial charge in [0, 0.05) is 0 Å². The van der Waals surface area contributed by atoms with Crippen molar-refractivity contribution >= 4 is 23.8 Å². The first kappa shape index (κ1) is 13.4. The van der Waals surface area contributed by atoms with E-state index in [1.807, 2.05) is 45.5 Å².